The summed E-state index contributed by atoms with van der Waals surface area (Å²) < 4.78 is 54.2. The summed E-state index contributed by atoms with van der Waals surface area (Å²) in [5, 5.41) is 0. The number of ether oxygens (including phenoxy) is 3. The molecule has 1 atom stereocenters. The van der Waals surface area contributed by atoms with Gasteiger partial charge < -0.3 is 19.1 Å². The molecule has 0 bridgehead atoms. The third-order valence-corrected chi connectivity index (χ3v) is 4.22. The van der Waals surface area contributed by atoms with Crippen molar-refractivity contribution < 1.29 is 32.2 Å². The molecule has 0 N–H and O–H groups in total. The molecule has 28 heavy (non-hydrogen) atoms. The maximum absolute atomic E-state index is 12.6. The number of morpholine rings is 1. The van der Waals surface area contributed by atoms with E-state index in [-0.39, 0.29) is 30.7 Å². The predicted molar refractivity (Wildman–Crippen MR) is 93.4 cm³/mol. The number of pyridine rings is 1. The van der Waals surface area contributed by atoms with Crippen LogP contribution in [0.3, 0.4) is 0 Å². The number of carbonyl (C=O) groups is 1. The molecule has 0 saturated carbocycles. The van der Waals surface area contributed by atoms with Gasteiger partial charge in [0.25, 0.3) is 5.91 Å². The average molecular weight is 396 g/mol. The summed E-state index contributed by atoms with van der Waals surface area (Å²) in [6.07, 6.45) is -3.93. The van der Waals surface area contributed by atoms with E-state index in [4.69, 9.17) is 14.2 Å². The SMILES string of the molecule is COc1ccc(OCC2CN(C(=O)c3ccc(C(F)(F)F)nc3)CCO2)cc1. The molecule has 0 aliphatic carbocycles. The van der Waals surface area contributed by atoms with E-state index in [0.717, 1.165) is 18.3 Å². The average Bonchev–Trinajstić information content (AvgIpc) is 2.72. The number of nitrogens with zero attached hydrogens (tertiary/aromatic N) is 2. The first kappa shape index (κ1) is 19.9. The van der Waals surface area contributed by atoms with Gasteiger partial charge in [0.1, 0.15) is 29.9 Å². The number of methoxy groups -OCH3 is 1. The van der Waals surface area contributed by atoms with Crippen molar-refractivity contribution in [2.75, 3.05) is 33.4 Å². The first-order valence-electron chi connectivity index (χ1n) is 8.58. The molecule has 9 heteroatoms. The number of alkyl halides is 3. The minimum Gasteiger partial charge on any atom is -0.497 e. The lowest BCUT2D eigenvalue weighted by Gasteiger charge is -2.32. The second-order valence-electron chi connectivity index (χ2n) is 6.16. The van der Waals surface area contributed by atoms with Crippen LogP contribution in [0.25, 0.3) is 0 Å². The molecule has 1 aliphatic heterocycles. The number of aromatic nitrogens is 1. The number of benzene rings is 1. The van der Waals surface area contributed by atoms with Crippen molar-refractivity contribution in [1.82, 2.24) is 9.88 Å². The van der Waals surface area contributed by atoms with Crippen molar-refractivity contribution in [3.8, 4) is 11.5 Å². The highest BCUT2D eigenvalue weighted by molar-refractivity contribution is 5.94. The second-order valence-corrected chi connectivity index (χ2v) is 6.16. The molecule has 6 nitrogen and oxygen atoms in total. The minimum atomic E-state index is -4.54. The summed E-state index contributed by atoms with van der Waals surface area (Å²) in [6.45, 7) is 1.17. The molecule has 150 valence electrons. The normalized spacial score (nSPS) is 17.3. The number of rotatable bonds is 5. The molecular formula is C19H19F3N2O4. The molecule has 0 spiro atoms. The third kappa shape index (κ3) is 4.92. The van der Waals surface area contributed by atoms with Gasteiger partial charge in [-0.15, -0.1) is 0 Å². The van der Waals surface area contributed by atoms with Gasteiger partial charge >= 0.3 is 6.18 Å². The van der Waals surface area contributed by atoms with Gasteiger partial charge in [-0.3, -0.25) is 9.78 Å². The zero-order valence-corrected chi connectivity index (χ0v) is 15.1. The van der Waals surface area contributed by atoms with Crippen LogP contribution < -0.4 is 9.47 Å². The fourth-order valence-electron chi connectivity index (χ4n) is 2.74. The van der Waals surface area contributed by atoms with E-state index in [0.29, 0.717) is 24.7 Å². The third-order valence-electron chi connectivity index (χ3n) is 4.22. The van der Waals surface area contributed by atoms with Crippen molar-refractivity contribution in [2.45, 2.75) is 12.3 Å². The lowest BCUT2D eigenvalue weighted by Crippen LogP contribution is -2.47. The summed E-state index contributed by atoms with van der Waals surface area (Å²) >= 11 is 0. The predicted octanol–water partition coefficient (Wildman–Crippen LogP) is 3.03. The molecule has 1 aliphatic rings. The van der Waals surface area contributed by atoms with Gasteiger partial charge in [-0.25, -0.2) is 0 Å². The van der Waals surface area contributed by atoms with Gasteiger partial charge in [0.2, 0.25) is 0 Å². The Morgan fingerprint density at radius 3 is 2.54 bits per heavy atom. The number of hydrogen-bond acceptors (Lipinski definition) is 5. The van der Waals surface area contributed by atoms with Crippen LogP contribution in [0.5, 0.6) is 11.5 Å². The van der Waals surface area contributed by atoms with Gasteiger partial charge in [-0.1, -0.05) is 0 Å². The smallest absolute Gasteiger partial charge is 0.433 e. The fourth-order valence-corrected chi connectivity index (χ4v) is 2.74. The Balaban J connectivity index is 1.56. The maximum Gasteiger partial charge on any atom is 0.433 e. The Hall–Kier alpha value is -2.81. The number of hydrogen-bond donors (Lipinski definition) is 0. The van der Waals surface area contributed by atoms with Crippen molar-refractivity contribution in [3.63, 3.8) is 0 Å². The monoisotopic (exact) mass is 396 g/mol. The van der Waals surface area contributed by atoms with Crippen LogP contribution in [0.2, 0.25) is 0 Å². The zero-order chi connectivity index (χ0) is 20.1. The molecule has 1 unspecified atom stereocenters. The van der Waals surface area contributed by atoms with Gasteiger partial charge in [0.05, 0.1) is 25.8 Å². The highest BCUT2D eigenvalue weighted by Gasteiger charge is 2.33. The maximum atomic E-state index is 12.6. The van der Waals surface area contributed by atoms with E-state index in [1.807, 2.05) is 0 Å². The van der Waals surface area contributed by atoms with Crippen molar-refractivity contribution in [3.05, 3.63) is 53.9 Å². The van der Waals surface area contributed by atoms with E-state index in [1.165, 1.54) is 4.90 Å². The standard InChI is InChI=1S/C19H19F3N2O4/c1-26-14-3-5-15(6-4-14)28-12-16-11-24(8-9-27-16)18(25)13-2-7-17(23-10-13)19(20,21)22/h2-7,10,16H,8-9,11-12H2,1H3. The Morgan fingerprint density at radius 2 is 1.93 bits per heavy atom. The summed E-state index contributed by atoms with van der Waals surface area (Å²) in [4.78, 5) is 17.4. The van der Waals surface area contributed by atoms with Crippen molar-refractivity contribution in [1.29, 1.82) is 0 Å². The van der Waals surface area contributed by atoms with Gasteiger partial charge in [-0.05, 0) is 36.4 Å². The van der Waals surface area contributed by atoms with Crippen LogP contribution in [0, 0.1) is 0 Å². The number of amides is 1. The van der Waals surface area contributed by atoms with Crippen molar-refractivity contribution in [2.24, 2.45) is 0 Å². The largest absolute Gasteiger partial charge is 0.497 e. The Kier molecular flexibility index (Phi) is 6.03. The highest BCUT2D eigenvalue weighted by Crippen LogP contribution is 2.27. The minimum absolute atomic E-state index is 0.102. The topological polar surface area (TPSA) is 60.9 Å². The van der Waals surface area contributed by atoms with Gasteiger partial charge in [0, 0.05) is 12.7 Å². The van der Waals surface area contributed by atoms with Crippen LogP contribution in [0.15, 0.2) is 42.6 Å². The van der Waals surface area contributed by atoms with E-state index >= 15 is 0 Å². The van der Waals surface area contributed by atoms with Crippen LogP contribution in [0.4, 0.5) is 13.2 Å². The van der Waals surface area contributed by atoms with E-state index in [1.54, 1.807) is 31.4 Å². The lowest BCUT2D eigenvalue weighted by molar-refractivity contribution is -0.141. The fraction of sp³-hybridized carbons (Fsp3) is 0.368. The molecule has 3 rings (SSSR count). The van der Waals surface area contributed by atoms with Crippen LogP contribution in [0.1, 0.15) is 16.1 Å². The molecule has 1 saturated heterocycles. The molecule has 0 radical (unpaired) electrons. The highest BCUT2D eigenvalue weighted by atomic mass is 19.4. The molecule has 1 aromatic heterocycles. The Bertz CT molecular complexity index is 794. The lowest BCUT2D eigenvalue weighted by atomic mass is 10.2. The van der Waals surface area contributed by atoms with Crippen molar-refractivity contribution >= 4 is 5.91 Å². The summed E-state index contributed by atoms with van der Waals surface area (Å²) in [5.41, 5.74) is -0.929. The molecule has 1 amide bonds. The van der Waals surface area contributed by atoms with Crippen LogP contribution in [-0.4, -0.2) is 55.3 Å². The van der Waals surface area contributed by atoms with Gasteiger partial charge in [0.15, 0.2) is 0 Å². The van der Waals surface area contributed by atoms with Crippen LogP contribution >= 0.6 is 0 Å². The van der Waals surface area contributed by atoms with E-state index < -0.39 is 11.9 Å². The van der Waals surface area contributed by atoms with Gasteiger partial charge in [-0.2, -0.15) is 13.2 Å². The molecule has 1 fully saturated rings. The first-order chi connectivity index (χ1) is 13.4. The quantitative estimate of drug-likeness (QED) is 0.778. The number of carbonyl (C=O) groups excluding carboxylic acids is 1. The molecule has 2 heterocycles. The van der Waals surface area contributed by atoms with Crippen LogP contribution in [-0.2, 0) is 10.9 Å². The first-order valence-corrected chi connectivity index (χ1v) is 8.58. The summed E-state index contributed by atoms with van der Waals surface area (Å²) in [7, 11) is 1.57. The zero-order valence-electron chi connectivity index (χ0n) is 15.1. The second kappa shape index (κ2) is 8.47. The molecule has 2 aromatic rings. The van der Waals surface area contributed by atoms with E-state index in [2.05, 4.69) is 4.98 Å². The number of halogens is 3. The summed E-state index contributed by atoms with van der Waals surface area (Å²) in [6, 6.07) is 9.00. The summed E-state index contributed by atoms with van der Waals surface area (Å²) in [5.74, 6) is 0.960. The molecule has 1 aromatic carbocycles. The Labute approximate surface area is 159 Å². The Morgan fingerprint density at radius 1 is 1.21 bits per heavy atom. The molecular weight excluding hydrogens is 377 g/mol. The van der Waals surface area contributed by atoms with E-state index in [9.17, 15) is 18.0 Å².